The van der Waals surface area contributed by atoms with Crippen LogP contribution in [-0.4, -0.2) is 70.3 Å². The van der Waals surface area contributed by atoms with Crippen molar-refractivity contribution in [3.63, 3.8) is 0 Å². The quantitative estimate of drug-likeness (QED) is 0.229. The molecule has 5 N–H and O–H groups in total. The van der Waals surface area contributed by atoms with Crippen molar-refractivity contribution in [1.29, 1.82) is 0 Å². The van der Waals surface area contributed by atoms with Gasteiger partial charge in [-0.3, -0.25) is 14.1 Å². The minimum Gasteiger partial charge on any atom is -0.461 e. The molecule has 1 aliphatic carbocycles. The largest absolute Gasteiger partial charge is 0.461 e. The number of nitrogens with one attached hydrogen (secondary N) is 1. The number of hydrogen-bond donors (Lipinski definition) is 4. The van der Waals surface area contributed by atoms with Gasteiger partial charge in [-0.15, -0.1) is 0 Å². The number of carbonyl (C=O) groups is 2. The summed E-state index contributed by atoms with van der Waals surface area (Å²) in [6, 6.07) is 7.26. The van der Waals surface area contributed by atoms with Gasteiger partial charge in [0.2, 0.25) is 5.91 Å². The maximum Gasteiger partial charge on any atom is 0.459 e. The van der Waals surface area contributed by atoms with Gasteiger partial charge in [-0.1, -0.05) is 30.7 Å². The fraction of sp³-hybridized carbons (Fsp3) is 0.538. The summed E-state index contributed by atoms with van der Waals surface area (Å²) in [6.45, 7) is 1.06. The van der Waals surface area contributed by atoms with Gasteiger partial charge in [0.1, 0.15) is 36.2 Å². The van der Waals surface area contributed by atoms with Crippen molar-refractivity contribution in [3.8, 4) is 5.75 Å². The SMILES string of the molecule is C[C@H](NP(=O)(OCC1OC(N2C=CCC(C(N)=O)=C2)C(O)C1O)Oc1ccccc1)C(=O)OC1CCCCC1. The molecule has 1 saturated heterocycles. The Balaban J connectivity index is 1.42. The molecule has 2 fully saturated rings. The van der Waals surface area contributed by atoms with Crippen molar-refractivity contribution in [2.24, 2.45) is 5.73 Å². The first-order chi connectivity index (χ1) is 18.6. The molecule has 5 unspecified atom stereocenters. The molecule has 13 heteroatoms. The molecular formula is C26H36N3O9P. The molecule has 12 nitrogen and oxygen atoms in total. The predicted molar refractivity (Wildman–Crippen MR) is 140 cm³/mol. The molecule has 3 aliphatic rings. The van der Waals surface area contributed by atoms with Crippen LogP contribution in [0.3, 0.4) is 0 Å². The molecule has 1 amide bonds. The van der Waals surface area contributed by atoms with Gasteiger partial charge in [-0.2, -0.15) is 5.09 Å². The predicted octanol–water partition coefficient (Wildman–Crippen LogP) is 2.08. The first-order valence-electron chi connectivity index (χ1n) is 13.1. The Labute approximate surface area is 227 Å². The minimum absolute atomic E-state index is 0.181. The summed E-state index contributed by atoms with van der Waals surface area (Å²) < 4.78 is 36.5. The van der Waals surface area contributed by atoms with Gasteiger partial charge in [0.05, 0.1) is 6.61 Å². The number of aliphatic hydroxyl groups excluding tert-OH is 2. The van der Waals surface area contributed by atoms with Crippen LogP contribution in [0.4, 0.5) is 0 Å². The lowest BCUT2D eigenvalue weighted by Crippen LogP contribution is -2.40. The molecule has 2 heterocycles. The normalized spacial score (nSPS) is 27.9. The van der Waals surface area contributed by atoms with Crippen LogP contribution in [0, 0.1) is 0 Å². The van der Waals surface area contributed by atoms with E-state index < -0.39 is 56.8 Å². The Bertz CT molecular complexity index is 1110. The second-order valence-corrected chi connectivity index (χ2v) is 11.5. The lowest BCUT2D eigenvalue weighted by Gasteiger charge is -2.28. The zero-order chi connectivity index (χ0) is 28.0. The molecular weight excluding hydrogens is 529 g/mol. The molecule has 39 heavy (non-hydrogen) atoms. The van der Waals surface area contributed by atoms with E-state index in [9.17, 15) is 24.4 Å². The van der Waals surface area contributed by atoms with E-state index in [1.165, 1.54) is 18.0 Å². The van der Waals surface area contributed by atoms with E-state index in [0.717, 1.165) is 32.1 Å². The van der Waals surface area contributed by atoms with Gasteiger partial charge >= 0.3 is 13.7 Å². The van der Waals surface area contributed by atoms with Crippen molar-refractivity contribution >= 4 is 19.6 Å². The number of benzene rings is 1. The first kappa shape index (κ1) is 29.3. The van der Waals surface area contributed by atoms with Gasteiger partial charge in [0, 0.05) is 18.0 Å². The fourth-order valence-electron chi connectivity index (χ4n) is 4.63. The summed E-state index contributed by atoms with van der Waals surface area (Å²) in [5, 5.41) is 23.9. The number of para-hydroxylation sites is 1. The van der Waals surface area contributed by atoms with Crippen LogP contribution in [0.5, 0.6) is 5.75 Å². The third kappa shape index (κ3) is 7.69. The van der Waals surface area contributed by atoms with Crippen molar-refractivity contribution in [1.82, 2.24) is 9.99 Å². The van der Waals surface area contributed by atoms with Gasteiger partial charge in [-0.25, -0.2) is 4.57 Å². The number of ether oxygens (including phenoxy) is 2. The Hall–Kier alpha value is -2.73. The second kappa shape index (κ2) is 13.1. The van der Waals surface area contributed by atoms with E-state index >= 15 is 0 Å². The first-order valence-corrected chi connectivity index (χ1v) is 14.6. The van der Waals surface area contributed by atoms with Gasteiger partial charge in [0.15, 0.2) is 6.23 Å². The van der Waals surface area contributed by atoms with E-state index in [0.29, 0.717) is 12.0 Å². The highest BCUT2D eigenvalue weighted by atomic mass is 31.2. The van der Waals surface area contributed by atoms with E-state index in [1.54, 1.807) is 42.6 Å². The summed E-state index contributed by atoms with van der Waals surface area (Å²) in [5.74, 6) is -0.961. The average Bonchev–Trinajstić information content (AvgIpc) is 3.22. The number of aliphatic hydroxyl groups is 2. The number of amides is 1. The molecule has 214 valence electrons. The Morgan fingerprint density at radius 1 is 1.18 bits per heavy atom. The number of carbonyl (C=O) groups excluding carboxylic acids is 2. The molecule has 0 bridgehead atoms. The zero-order valence-corrected chi connectivity index (χ0v) is 22.7. The summed E-state index contributed by atoms with van der Waals surface area (Å²) in [5.41, 5.74) is 5.67. The summed E-state index contributed by atoms with van der Waals surface area (Å²) in [4.78, 5) is 25.7. The number of rotatable bonds is 11. The monoisotopic (exact) mass is 565 g/mol. The average molecular weight is 566 g/mol. The standard InChI is InChI=1S/C26H36N3O9P/c1-17(26(33)36-19-10-4-2-5-11-19)28-39(34,38-20-12-6-3-7-13-20)35-16-21-22(30)23(31)25(37-21)29-14-8-9-18(15-29)24(27)32/h3,6-8,12-15,17,19,21-23,25,30-31H,2,4-5,9-11,16H2,1H3,(H2,27,32)(H,28,34)/t17-,21?,22?,23?,25?,39?/m0/s1. The maximum absolute atomic E-state index is 13.8. The number of hydrogen-bond acceptors (Lipinski definition) is 10. The third-order valence-corrected chi connectivity index (χ3v) is 8.43. The number of primary amides is 1. The van der Waals surface area contributed by atoms with Crippen LogP contribution < -0.4 is 15.3 Å². The second-order valence-electron chi connectivity index (χ2n) is 9.85. The van der Waals surface area contributed by atoms with Crippen molar-refractivity contribution in [2.45, 2.75) is 82.1 Å². The van der Waals surface area contributed by atoms with E-state index in [2.05, 4.69) is 5.09 Å². The van der Waals surface area contributed by atoms with Gasteiger partial charge in [-0.05, 0) is 51.2 Å². The molecule has 0 aromatic heterocycles. The van der Waals surface area contributed by atoms with Crippen LogP contribution >= 0.6 is 7.75 Å². The van der Waals surface area contributed by atoms with Crippen LogP contribution in [0.1, 0.15) is 45.4 Å². The number of allylic oxidation sites excluding steroid dienone is 1. The van der Waals surface area contributed by atoms with E-state index in [4.69, 9.17) is 24.3 Å². The highest BCUT2D eigenvalue weighted by Gasteiger charge is 2.46. The molecule has 1 aromatic rings. The van der Waals surface area contributed by atoms with Crippen LogP contribution in [0.2, 0.25) is 0 Å². The Morgan fingerprint density at radius 2 is 1.90 bits per heavy atom. The number of nitrogens with two attached hydrogens (primary N) is 1. The summed E-state index contributed by atoms with van der Waals surface area (Å²) in [6.07, 6.45) is 4.58. The van der Waals surface area contributed by atoms with Gasteiger partial charge < -0.3 is 34.8 Å². The van der Waals surface area contributed by atoms with E-state index in [1.807, 2.05) is 0 Å². The highest BCUT2D eigenvalue weighted by molar-refractivity contribution is 7.52. The van der Waals surface area contributed by atoms with Crippen LogP contribution in [0.25, 0.3) is 0 Å². The van der Waals surface area contributed by atoms with Crippen LogP contribution in [0.15, 0.2) is 54.4 Å². The maximum atomic E-state index is 13.8. The lowest BCUT2D eigenvalue weighted by atomic mass is 9.98. The topological polar surface area (TPSA) is 170 Å². The zero-order valence-electron chi connectivity index (χ0n) is 21.8. The highest BCUT2D eigenvalue weighted by Crippen LogP contribution is 2.45. The minimum atomic E-state index is -4.20. The van der Waals surface area contributed by atoms with Gasteiger partial charge in [0.25, 0.3) is 0 Å². The summed E-state index contributed by atoms with van der Waals surface area (Å²) >= 11 is 0. The Morgan fingerprint density at radius 3 is 2.59 bits per heavy atom. The summed E-state index contributed by atoms with van der Waals surface area (Å²) in [7, 11) is -4.20. The number of nitrogens with zero attached hydrogens (tertiary/aromatic N) is 1. The van der Waals surface area contributed by atoms with Crippen molar-refractivity contribution in [2.75, 3.05) is 6.61 Å². The molecule has 0 radical (unpaired) electrons. The smallest absolute Gasteiger partial charge is 0.459 e. The van der Waals surface area contributed by atoms with Crippen LogP contribution in [-0.2, 0) is 28.2 Å². The Kier molecular flexibility index (Phi) is 9.81. The molecule has 2 aliphatic heterocycles. The lowest BCUT2D eigenvalue weighted by molar-refractivity contribution is -0.152. The third-order valence-electron chi connectivity index (χ3n) is 6.79. The molecule has 1 aromatic carbocycles. The van der Waals surface area contributed by atoms with E-state index in [-0.39, 0.29) is 11.9 Å². The molecule has 0 spiro atoms. The van der Waals surface area contributed by atoms with Crippen molar-refractivity contribution in [3.05, 3.63) is 54.4 Å². The van der Waals surface area contributed by atoms with Crippen molar-refractivity contribution < 1.29 is 42.9 Å². The molecule has 1 saturated carbocycles. The molecule has 4 rings (SSSR count). The molecule has 6 atom stereocenters. The number of esters is 1. The fourth-order valence-corrected chi connectivity index (χ4v) is 6.14.